The molecule has 0 atom stereocenters. The topological polar surface area (TPSA) is 41.7 Å². The largest absolute Gasteiger partial charge is 0.432 e. The Morgan fingerprint density at radius 3 is 2.27 bits per heavy atom. The van der Waals surface area contributed by atoms with Crippen LogP contribution in [0.5, 0.6) is 11.7 Å². The van der Waals surface area contributed by atoms with Gasteiger partial charge in [-0.25, -0.2) is 0 Å². The second-order valence-corrected chi connectivity index (χ2v) is 9.48. The standard InChI is InChI=1S/C32H25N3O2/c1-34-17-18-35(22-34)24-20-31(36-21-24)37-25-10-8-9-23(19-25)32(30-15-6-7-16-33-30)28-13-4-2-11-26(28)27-12-3-5-14-29(27)32/h2-21H,22H2,1H3. The summed E-state index contributed by atoms with van der Waals surface area (Å²) in [5, 5.41) is 0. The third-order valence-corrected chi connectivity index (χ3v) is 7.26. The molecule has 0 unspecified atom stereocenters. The average Bonchev–Trinajstić information content (AvgIpc) is 3.66. The van der Waals surface area contributed by atoms with Crippen LogP contribution in [0.15, 0.2) is 126 Å². The molecule has 0 saturated heterocycles. The summed E-state index contributed by atoms with van der Waals surface area (Å²) in [6, 6.07) is 33.6. The number of aromatic nitrogens is 1. The predicted octanol–water partition coefficient (Wildman–Crippen LogP) is 7.01. The third-order valence-electron chi connectivity index (χ3n) is 7.26. The Balaban J connectivity index is 1.35. The van der Waals surface area contributed by atoms with Crippen LogP contribution in [0.3, 0.4) is 0 Å². The lowest BCUT2D eigenvalue weighted by molar-refractivity contribution is 0.346. The van der Waals surface area contributed by atoms with Gasteiger partial charge < -0.3 is 19.0 Å². The van der Waals surface area contributed by atoms with Crippen LogP contribution in [0.25, 0.3) is 11.1 Å². The minimum Gasteiger partial charge on any atom is -0.432 e. The molecule has 5 aromatic rings. The molecular formula is C32H25N3O2. The van der Waals surface area contributed by atoms with Gasteiger partial charge in [-0.1, -0.05) is 66.7 Å². The summed E-state index contributed by atoms with van der Waals surface area (Å²) in [6.45, 7) is 0.778. The van der Waals surface area contributed by atoms with Gasteiger partial charge in [0, 0.05) is 31.7 Å². The first-order valence-corrected chi connectivity index (χ1v) is 12.4. The van der Waals surface area contributed by atoms with Gasteiger partial charge in [-0.05, 0) is 52.1 Å². The van der Waals surface area contributed by atoms with E-state index < -0.39 is 5.41 Å². The van der Waals surface area contributed by atoms with Gasteiger partial charge in [0.25, 0.3) is 5.95 Å². The van der Waals surface area contributed by atoms with E-state index >= 15 is 0 Å². The highest BCUT2D eigenvalue weighted by Gasteiger charge is 2.47. The molecule has 7 rings (SSSR count). The van der Waals surface area contributed by atoms with Crippen LogP contribution >= 0.6 is 0 Å². The van der Waals surface area contributed by atoms with Crippen molar-refractivity contribution in [2.75, 3.05) is 18.6 Å². The molecule has 0 spiro atoms. The summed E-state index contributed by atoms with van der Waals surface area (Å²) in [5.41, 5.74) is 7.37. The lowest BCUT2D eigenvalue weighted by atomic mass is 9.70. The SMILES string of the molecule is CN1C=CN(c2coc(Oc3cccc(C4(c5ccccn5)c5ccccc5-c5ccccc54)c3)c2)C1. The molecule has 0 radical (unpaired) electrons. The first kappa shape index (κ1) is 21.5. The Hall–Kier alpha value is -4.77. The molecular weight excluding hydrogens is 458 g/mol. The van der Waals surface area contributed by atoms with Crippen molar-refractivity contribution in [2.24, 2.45) is 0 Å². The molecule has 1 aliphatic heterocycles. The Morgan fingerprint density at radius 1 is 0.811 bits per heavy atom. The predicted molar refractivity (Wildman–Crippen MR) is 145 cm³/mol. The van der Waals surface area contributed by atoms with Gasteiger partial charge in [-0.3, -0.25) is 4.98 Å². The molecule has 0 fully saturated rings. The molecule has 5 heteroatoms. The van der Waals surface area contributed by atoms with E-state index in [1.165, 1.54) is 22.3 Å². The number of nitrogens with zero attached hydrogens (tertiary/aromatic N) is 3. The van der Waals surface area contributed by atoms with Gasteiger partial charge in [0.1, 0.15) is 12.0 Å². The zero-order valence-electron chi connectivity index (χ0n) is 20.4. The lowest BCUT2D eigenvalue weighted by Gasteiger charge is -2.32. The monoisotopic (exact) mass is 483 g/mol. The van der Waals surface area contributed by atoms with E-state index in [1.807, 2.05) is 49.9 Å². The fourth-order valence-electron chi connectivity index (χ4n) is 5.67. The highest BCUT2D eigenvalue weighted by atomic mass is 16.6. The molecule has 3 heterocycles. The van der Waals surface area contributed by atoms with Crippen molar-refractivity contribution in [1.29, 1.82) is 0 Å². The molecule has 180 valence electrons. The van der Waals surface area contributed by atoms with Crippen LogP contribution in [-0.2, 0) is 5.41 Å². The lowest BCUT2D eigenvalue weighted by Crippen LogP contribution is -2.29. The molecule has 0 N–H and O–H groups in total. The number of furan rings is 1. The molecule has 0 amide bonds. The van der Waals surface area contributed by atoms with E-state index in [-0.39, 0.29) is 0 Å². The van der Waals surface area contributed by atoms with Gasteiger partial charge in [0.2, 0.25) is 0 Å². The Morgan fingerprint density at radius 2 is 1.57 bits per heavy atom. The van der Waals surface area contributed by atoms with Crippen LogP contribution in [0, 0.1) is 0 Å². The molecule has 0 bridgehead atoms. The van der Waals surface area contributed by atoms with Gasteiger partial charge in [-0.15, -0.1) is 0 Å². The summed E-state index contributed by atoms with van der Waals surface area (Å²) in [5.74, 6) is 1.17. The third kappa shape index (κ3) is 3.35. The number of ether oxygens (including phenoxy) is 1. The van der Waals surface area contributed by atoms with Crippen molar-refractivity contribution in [3.05, 3.63) is 144 Å². The number of rotatable bonds is 5. The van der Waals surface area contributed by atoms with E-state index in [9.17, 15) is 0 Å². The van der Waals surface area contributed by atoms with Crippen LogP contribution in [0.1, 0.15) is 22.4 Å². The van der Waals surface area contributed by atoms with Crippen molar-refractivity contribution < 1.29 is 9.15 Å². The fourth-order valence-corrected chi connectivity index (χ4v) is 5.67. The number of anilines is 1. The molecule has 0 saturated carbocycles. The number of fused-ring (bicyclic) bond motifs is 3. The van der Waals surface area contributed by atoms with Crippen LogP contribution in [0.2, 0.25) is 0 Å². The maximum atomic E-state index is 6.25. The second-order valence-electron chi connectivity index (χ2n) is 9.48. The highest BCUT2D eigenvalue weighted by Crippen LogP contribution is 2.55. The van der Waals surface area contributed by atoms with Gasteiger partial charge >= 0.3 is 0 Å². The summed E-state index contributed by atoms with van der Waals surface area (Å²) < 4.78 is 12.0. The van der Waals surface area contributed by atoms with Crippen LogP contribution in [0.4, 0.5) is 5.69 Å². The molecule has 1 aliphatic carbocycles. The zero-order chi connectivity index (χ0) is 24.8. The van der Waals surface area contributed by atoms with Crippen molar-refractivity contribution in [2.45, 2.75) is 5.41 Å². The molecule has 2 aromatic heterocycles. The van der Waals surface area contributed by atoms with Gasteiger partial charge in [0.05, 0.1) is 23.5 Å². The summed E-state index contributed by atoms with van der Waals surface area (Å²) in [4.78, 5) is 9.11. The smallest absolute Gasteiger partial charge is 0.291 e. The molecule has 3 aromatic carbocycles. The maximum absolute atomic E-state index is 6.25. The number of pyridine rings is 1. The Labute approximate surface area is 215 Å². The summed E-state index contributed by atoms with van der Waals surface area (Å²) in [7, 11) is 2.04. The average molecular weight is 484 g/mol. The van der Waals surface area contributed by atoms with E-state index in [4.69, 9.17) is 14.1 Å². The van der Waals surface area contributed by atoms with Crippen LogP contribution < -0.4 is 9.64 Å². The minimum atomic E-state index is -0.562. The van der Waals surface area contributed by atoms with Crippen molar-refractivity contribution in [3.63, 3.8) is 0 Å². The number of hydrogen-bond acceptors (Lipinski definition) is 5. The highest BCUT2D eigenvalue weighted by molar-refractivity contribution is 5.85. The first-order chi connectivity index (χ1) is 18.2. The van der Waals surface area contributed by atoms with E-state index in [2.05, 4.69) is 82.6 Å². The van der Waals surface area contributed by atoms with Gasteiger partial charge in [0.15, 0.2) is 0 Å². The van der Waals surface area contributed by atoms with E-state index in [0.29, 0.717) is 11.7 Å². The first-order valence-electron chi connectivity index (χ1n) is 12.4. The van der Waals surface area contributed by atoms with Crippen molar-refractivity contribution >= 4 is 5.69 Å². The zero-order valence-corrected chi connectivity index (χ0v) is 20.4. The molecule has 2 aliphatic rings. The number of hydrogen-bond donors (Lipinski definition) is 0. The van der Waals surface area contributed by atoms with Crippen molar-refractivity contribution in [3.8, 4) is 22.8 Å². The normalized spacial score (nSPS) is 15.1. The second kappa shape index (κ2) is 8.42. The Kier molecular flexibility index (Phi) is 4.89. The summed E-state index contributed by atoms with van der Waals surface area (Å²) in [6.07, 6.45) is 7.66. The van der Waals surface area contributed by atoms with Crippen molar-refractivity contribution in [1.82, 2.24) is 9.88 Å². The fraction of sp³-hybridized carbons (Fsp3) is 0.0938. The molecule has 5 nitrogen and oxygen atoms in total. The molecule has 37 heavy (non-hydrogen) atoms. The van der Waals surface area contributed by atoms with Crippen LogP contribution in [-0.4, -0.2) is 23.6 Å². The maximum Gasteiger partial charge on any atom is 0.291 e. The van der Waals surface area contributed by atoms with E-state index in [1.54, 1.807) is 6.26 Å². The van der Waals surface area contributed by atoms with Gasteiger partial charge in [-0.2, -0.15) is 0 Å². The summed E-state index contributed by atoms with van der Waals surface area (Å²) >= 11 is 0. The quantitative estimate of drug-likeness (QED) is 0.264. The van der Waals surface area contributed by atoms with E-state index in [0.717, 1.165) is 23.6 Å². The Bertz CT molecular complexity index is 1580. The number of benzene rings is 3. The minimum absolute atomic E-state index is 0.453.